The van der Waals surface area contributed by atoms with Crippen molar-refractivity contribution in [3.05, 3.63) is 90.1 Å². The molecule has 154 valence electrons. The van der Waals surface area contributed by atoms with Crippen LogP contribution in [0.25, 0.3) is 5.65 Å². The van der Waals surface area contributed by atoms with E-state index in [4.69, 9.17) is 0 Å². The summed E-state index contributed by atoms with van der Waals surface area (Å²) in [4.78, 5) is 0.00627. The monoisotopic (exact) mass is 424 g/mol. The van der Waals surface area contributed by atoms with E-state index in [1.165, 1.54) is 27.2 Å². The van der Waals surface area contributed by atoms with Gasteiger partial charge in [0, 0.05) is 11.8 Å². The molecule has 0 spiro atoms. The summed E-state index contributed by atoms with van der Waals surface area (Å²) in [5, 5.41) is 7.76. The molecule has 0 saturated heterocycles. The van der Waals surface area contributed by atoms with Gasteiger partial charge in [0.1, 0.15) is 17.0 Å². The van der Waals surface area contributed by atoms with Crippen LogP contribution in [-0.4, -0.2) is 23.0 Å². The van der Waals surface area contributed by atoms with Crippen LogP contribution >= 0.6 is 0 Å². The SMILES string of the molecule is CC(C)c1ccc(N(Cc2ccccc2F)S(=O)(=O)c2cccn3cnnc23)cc1. The van der Waals surface area contributed by atoms with Crippen molar-refractivity contribution >= 4 is 21.4 Å². The summed E-state index contributed by atoms with van der Waals surface area (Å²) < 4.78 is 44.5. The lowest BCUT2D eigenvalue weighted by molar-refractivity contribution is 0.585. The van der Waals surface area contributed by atoms with E-state index in [2.05, 4.69) is 24.0 Å². The van der Waals surface area contributed by atoms with Crippen LogP contribution in [0.4, 0.5) is 10.1 Å². The number of aromatic nitrogens is 3. The summed E-state index contributed by atoms with van der Waals surface area (Å²) in [5.41, 5.74) is 2.03. The van der Waals surface area contributed by atoms with Crippen LogP contribution in [0.15, 0.2) is 78.1 Å². The normalized spacial score (nSPS) is 11.9. The van der Waals surface area contributed by atoms with Gasteiger partial charge in [0.25, 0.3) is 10.0 Å². The van der Waals surface area contributed by atoms with Gasteiger partial charge in [0.05, 0.1) is 12.2 Å². The molecule has 0 aliphatic rings. The molecule has 0 atom stereocenters. The quantitative estimate of drug-likeness (QED) is 0.460. The van der Waals surface area contributed by atoms with Gasteiger partial charge < -0.3 is 0 Å². The van der Waals surface area contributed by atoms with E-state index in [0.29, 0.717) is 11.6 Å². The first-order valence-electron chi connectivity index (χ1n) is 9.52. The topological polar surface area (TPSA) is 67.6 Å². The lowest BCUT2D eigenvalue weighted by Crippen LogP contribution is -2.31. The highest BCUT2D eigenvalue weighted by molar-refractivity contribution is 7.93. The number of nitrogens with zero attached hydrogens (tertiary/aromatic N) is 4. The molecular formula is C22H21FN4O2S. The smallest absolute Gasteiger partial charge is 0.268 e. The van der Waals surface area contributed by atoms with Crippen LogP contribution in [0.5, 0.6) is 0 Å². The minimum atomic E-state index is -4.06. The maximum atomic E-state index is 14.4. The Hall–Kier alpha value is -3.26. The second-order valence-corrected chi connectivity index (χ2v) is 9.11. The molecule has 8 heteroatoms. The molecule has 2 heterocycles. The van der Waals surface area contributed by atoms with Crippen molar-refractivity contribution in [1.29, 1.82) is 0 Å². The standard InChI is InChI=1S/C22H21FN4O2S/c1-16(2)17-9-11-19(12-10-17)27(14-18-6-3-4-7-20(18)23)30(28,29)21-8-5-13-26-15-24-25-22(21)26/h3-13,15-16H,14H2,1-2H3. The van der Waals surface area contributed by atoms with Gasteiger partial charge >= 0.3 is 0 Å². The van der Waals surface area contributed by atoms with E-state index in [1.807, 2.05) is 12.1 Å². The van der Waals surface area contributed by atoms with Gasteiger partial charge in [-0.2, -0.15) is 0 Å². The molecule has 0 bridgehead atoms. The predicted octanol–water partition coefficient (Wildman–Crippen LogP) is 4.39. The highest BCUT2D eigenvalue weighted by atomic mass is 32.2. The van der Waals surface area contributed by atoms with E-state index in [0.717, 1.165) is 5.56 Å². The van der Waals surface area contributed by atoms with Gasteiger partial charge in [-0.25, -0.2) is 12.8 Å². The molecular weight excluding hydrogens is 403 g/mol. The minimum absolute atomic E-state index is 0.00627. The van der Waals surface area contributed by atoms with Gasteiger partial charge in [-0.15, -0.1) is 10.2 Å². The summed E-state index contributed by atoms with van der Waals surface area (Å²) in [5.74, 6) is -0.155. The second kappa shape index (κ2) is 7.87. The van der Waals surface area contributed by atoms with Crippen LogP contribution in [0.2, 0.25) is 0 Å². The number of fused-ring (bicyclic) bond motifs is 1. The lowest BCUT2D eigenvalue weighted by Gasteiger charge is -2.25. The third kappa shape index (κ3) is 3.66. The van der Waals surface area contributed by atoms with Crippen LogP contribution in [0.1, 0.15) is 30.9 Å². The first-order valence-corrected chi connectivity index (χ1v) is 11.0. The summed E-state index contributed by atoms with van der Waals surface area (Å²) in [6.45, 7) is 3.98. The largest absolute Gasteiger partial charge is 0.288 e. The van der Waals surface area contributed by atoms with Gasteiger partial charge in [-0.05, 0) is 41.8 Å². The first-order chi connectivity index (χ1) is 14.4. The number of hydrogen-bond donors (Lipinski definition) is 0. The Balaban J connectivity index is 1.86. The van der Waals surface area contributed by atoms with Crippen molar-refractivity contribution in [2.75, 3.05) is 4.31 Å². The van der Waals surface area contributed by atoms with E-state index >= 15 is 0 Å². The van der Waals surface area contributed by atoms with Crippen molar-refractivity contribution in [3.63, 3.8) is 0 Å². The van der Waals surface area contributed by atoms with Crippen molar-refractivity contribution in [2.24, 2.45) is 0 Å². The van der Waals surface area contributed by atoms with E-state index in [1.54, 1.807) is 42.6 Å². The molecule has 0 saturated carbocycles. The van der Waals surface area contributed by atoms with Gasteiger partial charge in [-0.3, -0.25) is 8.71 Å². The lowest BCUT2D eigenvalue weighted by atomic mass is 10.0. The maximum Gasteiger partial charge on any atom is 0.268 e. The summed E-state index contributed by atoms with van der Waals surface area (Å²) in [7, 11) is -4.06. The minimum Gasteiger partial charge on any atom is -0.288 e. The van der Waals surface area contributed by atoms with E-state index in [9.17, 15) is 12.8 Å². The van der Waals surface area contributed by atoms with E-state index in [-0.39, 0.29) is 22.7 Å². The number of sulfonamides is 1. The Morgan fingerprint density at radius 2 is 1.77 bits per heavy atom. The van der Waals surface area contributed by atoms with Crippen LogP contribution in [-0.2, 0) is 16.6 Å². The van der Waals surface area contributed by atoms with Crippen molar-refractivity contribution in [1.82, 2.24) is 14.6 Å². The fourth-order valence-electron chi connectivity index (χ4n) is 3.27. The zero-order valence-electron chi connectivity index (χ0n) is 16.6. The Labute approximate surface area is 174 Å². The predicted molar refractivity (Wildman–Crippen MR) is 113 cm³/mol. The molecule has 2 aromatic carbocycles. The fourth-order valence-corrected chi connectivity index (χ4v) is 4.84. The van der Waals surface area contributed by atoms with Crippen molar-refractivity contribution in [2.45, 2.75) is 31.2 Å². The number of rotatable bonds is 6. The van der Waals surface area contributed by atoms with Gasteiger partial charge in [-0.1, -0.05) is 44.2 Å². The molecule has 0 amide bonds. The highest BCUT2D eigenvalue weighted by Gasteiger charge is 2.29. The first kappa shape index (κ1) is 20.0. The van der Waals surface area contributed by atoms with Crippen molar-refractivity contribution < 1.29 is 12.8 Å². The molecule has 0 aliphatic carbocycles. The zero-order chi connectivity index (χ0) is 21.3. The number of pyridine rings is 1. The average molecular weight is 425 g/mol. The molecule has 4 aromatic rings. The molecule has 0 radical (unpaired) electrons. The number of benzene rings is 2. The average Bonchev–Trinajstić information content (AvgIpc) is 3.22. The van der Waals surface area contributed by atoms with Gasteiger partial charge in [0.2, 0.25) is 0 Å². The van der Waals surface area contributed by atoms with Crippen LogP contribution in [0, 0.1) is 5.82 Å². The molecule has 4 rings (SSSR count). The number of hydrogen-bond acceptors (Lipinski definition) is 4. The zero-order valence-corrected chi connectivity index (χ0v) is 17.4. The second-order valence-electron chi connectivity index (χ2n) is 7.28. The van der Waals surface area contributed by atoms with Crippen LogP contribution in [0.3, 0.4) is 0 Å². The van der Waals surface area contributed by atoms with Crippen molar-refractivity contribution in [3.8, 4) is 0 Å². The molecule has 0 unspecified atom stereocenters. The third-order valence-corrected chi connectivity index (χ3v) is 6.77. The molecule has 0 fully saturated rings. The molecule has 30 heavy (non-hydrogen) atoms. The van der Waals surface area contributed by atoms with Gasteiger partial charge in [0.15, 0.2) is 5.65 Å². The molecule has 0 N–H and O–H groups in total. The molecule has 2 aromatic heterocycles. The summed E-state index contributed by atoms with van der Waals surface area (Å²) in [6, 6.07) is 16.5. The number of anilines is 1. The highest BCUT2D eigenvalue weighted by Crippen LogP contribution is 2.29. The Morgan fingerprint density at radius 3 is 2.47 bits per heavy atom. The Bertz CT molecular complexity index is 1280. The molecule has 6 nitrogen and oxygen atoms in total. The van der Waals surface area contributed by atoms with E-state index < -0.39 is 15.8 Å². The number of halogens is 1. The Kier molecular flexibility index (Phi) is 5.26. The summed E-state index contributed by atoms with van der Waals surface area (Å²) in [6.07, 6.45) is 3.11. The Morgan fingerprint density at radius 1 is 1.03 bits per heavy atom. The maximum absolute atomic E-state index is 14.4. The third-order valence-electron chi connectivity index (χ3n) is 4.98. The summed E-state index contributed by atoms with van der Waals surface area (Å²) >= 11 is 0. The fraction of sp³-hybridized carbons (Fsp3) is 0.182. The molecule has 0 aliphatic heterocycles. The van der Waals surface area contributed by atoms with Crippen LogP contribution < -0.4 is 4.31 Å².